The molecule has 104 valence electrons. The number of aromatic nitrogens is 3. The van der Waals surface area contributed by atoms with Gasteiger partial charge < -0.3 is 10.6 Å². The lowest BCUT2D eigenvalue weighted by Crippen LogP contribution is -2.27. The number of amides is 1. The number of anilines is 1. The van der Waals surface area contributed by atoms with Crippen molar-refractivity contribution in [2.24, 2.45) is 0 Å². The first-order chi connectivity index (χ1) is 9.66. The van der Waals surface area contributed by atoms with Crippen LogP contribution in [-0.2, 0) is 6.54 Å². The van der Waals surface area contributed by atoms with E-state index in [1.807, 2.05) is 12.1 Å². The number of nitrogen functional groups attached to an aromatic ring is 1. The summed E-state index contributed by atoms with van der Waals surface area (Å²) >= 11 is 0. The van der Waals surface area contributed by atoms with Crippen LogP contribution in [0.5, 0.6) is 0 Å². The van der Waals surface area contributed by atoms with E-state index < -0.39 is 0 Å². The molecule has 1 amide bonds. The van der Waals surface area contributed by atoms with Crippen LogP contribution in [0.3, 0.4) is 0 Å². The molecule has 20 heavy (non-hydrogen) atoms. The fraction of sp³-hybridized carbons (Fsp3) is 0.357. The summed E-state index contributed by atoms with van der Waals surface area (Å²) in [6.45, 7) is 0.506. The van der Waals surface area contributed by atoms with Crippen molar-refractivity contribution in [1.82, 2.24) is 20.1 Å². The van der Waals surface area contributed by atoms with Gasteiger partial charge in [-0.05, 0) is 30.5 Å². The van der Waals surface area contributed by atoms with Crippen LogP contribution >= 0.6 is 0 Å². The highest BCUT2D eigenvalue weighted by molar-refractivity contribution is 5.97. The fourth-order valence-electron chi connectivity index (χ4n) is 2.23. The minimum atomic E-state index is -0.164. The first kappa shape index (κ1) is 12.7. The van der Waals surface area contributed by atoms with E-state index in [-0.39, 0.29) is 5.91 Å². The molecule has 0 radical (unpaired) electrons. The van der Waals surface area contributed by atoms with Crippen molar-refractivity contribution >= 4 is 11.6 Å². The van der Waals surface area contributed by atoms with Gasteiger partial charge in [-0.25, -0.2) is 0 Å². The van der Waals surface area contributed by atoms with E-state index in [1.165, 1.54) is 0 Å². The summed E-state index contributed by atoms with van der Waals surface area (Å²) in [5.41, 5.74) is 8.78. The van der Waals surface area contributed by atoms with Crippen LogP contribution in [0.4, 0.5) is 5.69 Å². The van der Waals surface area contributed by atoms with Crippen LogP contribution in [0.15, 0.2) is 24.5 Å². The van der Waals surface area contributed by atoms with E-state index in [0.717, 1.165) is 24.1 Å². The zero-order chi connectivity index (χ0) is 14.1. The molecule has 1 fully saturated rings. The molecule has 0 spiro atoms. The molecular formula is C14H17N5O. The number of hydrogen-bond acceptors (Lipinski definition) is 4. The van der Waals surface area contributed by atoms with Gasteiger partial charge in [0.15, 0.2) is 5.69 Å². The lowest BCUT2D eigenvalue weighted by atomic mass is 10.2. The van der Waals surface area contributed by atoms with Gasteiger partial charge in [0.1, 0.15) is 0 Å². The summed E-state index contributed by atoms with van der Waals surface area (Å²) in [5, 5.41) is 6.99. The van der Waals surface area contributed by atoms with Gasteiger partial charge in [0, 0.05) is 31.9 Å². The fourth-order valence-corrected chi connectivity index (χ4v) is 2.23. The minimum absolute atomic E-state index is 0.164. The van der Waals surface area contributed by atoms with E-state index in [4.69, 9.17) is 5.73 Å². The van der Waals surface area contributed by atoms with E-state index in [2.05, 4.69) is 15.2 Å². The van der Waals surface area contributed by atoms with Gasteiger partial charge in [-0.2, -0.15) is 5.10 Å². The molecule has 0 bridgehead atoms. The first-order valence-electron chi connectivity index (χ1n) is 6.65. The molecule has 1 aliphatic rings. The smallest absolute Gasteiger partial charge is 0.276 e. The molecule has 3 rings (SSSR count). The molecule has 0 aromatic carbocycles. The van der Waals surface area contributed by atoms with Crippen LogP contribution in [0.25, 0.3) is 0 Å². The van der Waals surface area contributed by atoms with E-state index in [0.29, 0.717) is 23.8 Å². The van der Waals surface area contributed by atoms with E-state index in [1.54, 1.807) is 24.3 Å². The maximum Gasteiger partial charge on any atom is 0.276 e. The lowest BCUT2D eigenvalue weighted by Gasteiger charge is -2.16. The van der Waals surface area contributed by atoms with Crippen molar-refractivity contribution in [3.8, 4) is 0 Å². The van der Waals surface area contributed by atoms with Gasteiger partial charge >= 0.3 is 0 Å². The molecule has 3 N–H and O–H groups in total. The van der Waals surface area contributed by atoms with Gasteiger partial charge in [0.25, 0.3) is 5.91 Å². The van der Waals surface area contributed by atoms with Crippen LogP contribution in [0.2, 0.25) is 0 Å². The van der Waals surface area contributed by atoms with Gasteiger partial charge in [0.2, 0.25) is 0 Å². The molecule has 2 aromatic heterocycles. The predicted molar refractivity (Wildman–Crippen MR) is 75.0 cm³/mol. The van der Waals surface area contributed by atoms with Crippen molar-refractivity contribution in [2.45, 2.75) is 25.3 Å². The SMILES string of the molecule is CN(Cc1ccncc1)C(=O)c1n[nH]c(C2CC2)c1N. The number of aromatic amines is 1. The van der Waals surface area contributed by atoms with Crippen molar-refractivity contribution in [3.63, 3.8) is 0 Å². The zero-order valence-electron chi connectivity index (χ0n) is 11.3. The Morgan fingerprint density at radius 2 is 2.15 bits per heavy atom. The van der Waals surface area contributed by atoms with Gasteiger partial charge in [0.05, 0.1) is 11.4 Å². The summed E-state index contributed by atoms with van der Waals surface area (Å²) in [5.74, 6) is 0.289. The number of carbonyl (C=O) groups is 1. The Hall–Kier alpha value is -2.37. The van der Waals surface area contributed by atoms with Gasteiger partial charge in [-0.1, -0.05) is 0 Å². The largest absolute Gasteiger partial charge is 0.395 e. The molecule has 0 saturated heterocycles. The third-order valence-corrected chi connectivity index (χ3v) is 3.54. The number of carbonyl (C=O) groups excluding carboxylic acids is 1. The molecule has 2 aromatic rings. The van der Waals surface area contributed by atoms with Crippen molar-refractivity contribution in [2.75, 3.05) is 12.8 Å². The monoisotopic (exact) mass is 271 g/mol. The molecule has 1 saturated carbocycles. The topological polar surface area (TPSA) is 87.9 Å². The number of hydrogen-bond donors (Lipinski definition) is 2. The Morgan fingerprint density at radius 1 is 1.45 bits per heavy atom. The second kappa shape index (κ2) is 4.96. The maximum atomic E-state index is 12.4. The summed E-state index contributed by atoms with van der Waals surface area (Å²) in [6.07, 6.45) is 5.66. The normalized spacial score (nSPS) is 14.2. The van der Waals surface area contributed by atoms with Crippen molar-refractivity contribution < 1.29 is 4.79 Å². The van der Waals surface area contributed by atoms with Gasteiger partial charge in [-0.15, -0.1) is 0 Å². The van der Waals surface area contributed by atoms with Crippen LogP contribution in [-0.4, -0.2) is 33.0 Å². The lowest BCUT2D eigenvalue weighted by molar-refractivity contribution is 0.0780. The molecular weight excluding hydrogens is 254 g/mol. The first-order valence-corrected chi connectivity index (χ1v) is 6.65. The second-order valence-corrected chi connectivity index (χ2v) is 5.19. The van der Waals surface area contributed by atoms with Crippen LogP contribution in [0.1, 0.15) is 40.5 Å². The number of nitrogens with one attached hydrogen (secondary N) is 1. The third-order valence-electron chi connectivity index (χ3n) is 3.54. The summed E-state index contributed by atoms with van der Waals surface area (Å²) in [7, 11) is 1.74. The standard InChI is InChI=1S/C14H17N5O/c1-19(8-9-4-6-16-7-5-9)14(20)13-11(15)12(17-18-13)10-2-3-10/h4-7,10H,2-3,8,15H2,1H3,(H,17,18). The Morgan fingerprint density at radius 3 is 2.80 bits per heavy atom. The zero-order valence-corrected chi connectivity index (χ0v) is 11.3. The number of rotatable bonds is 4. The number of pyridine rings is 1. The Kier molecular flexibility index (Phi) is 3.14. The van der Waals surface area contributed by atoms with E-state index >= 15 is 0 Å². The average molecular weight is 271 g/mol. The summed E-state index contributed by atoms with van der Waals surface area (Å²) < 4.78 is 0. The molecule has 1 aliphatic carbocycles. The van der Waals surface area contributed by atoms with E-state index in [9.17, 15) is 4.79 Å². The van der Waals surface area contributed by atoms with Crippen LogP contribution < -0.4 is 5.73 Å². The quantitative estimate of drug-likeness (QED) is 0.882. The highest BCUT2D eigenvalue weighted by Crippen LogP contribution is 2.42. The van der Waals surface area contributed by atoms with Crippen molar-refractivity contribution in [1.29, 1.82) is 0 Å². The Balaban J connectivity index is 1.75. The summed E-state index contributed by atoms with van der Waals surface area (Å²) in [4.78, 5) is 17.9. The summed E-state index contributed by atoms with van der Waals surface area (Å²) in [6, 6.07) is 3.76. The van der Waals surface area contributed by atoms with Crippen LogP contribution in [0, 0.1) is 0 Å². The second-order valence-electron chi connectivity index (χ2n) is 5.19. The number of nitrogens with zero attached hydrogens (tertiary/aromatic N) is 3. The highest BCUT2D eigenvalue weighted by atomic mass is 16.2. The average Bonchev–Trinajstić information content (AvgIpc) is 3.22. The molecule has 6 heteroatoms. The number of nitrogens with two attached hydrogens (primary N) is 1. The molecule has 2 heterocycles. The highest BCUT2D eigenvalue weighted by Gasteiger charge is 2.31. The molecule has 0 unspecified atom stereocenters. The van der Waals surface area contributed by atoms with Gasteiger partial charge in [-0.3, -0.25) is 14.9 Å². The minimum Gasteiger partial charge on any atom is -0.395 e. The Labute approximate surface area is 117 Å². The maximum absolute atomic E-state index is 12.4. The molecule has 0 aliphatic heterocycles. The number of H-pyrrole nitrogens is 1. The predicted octanol–water partition coefficient (Wildman–Crippen LogP) is 1.54. The molecule has 6 nitrogen and oxygen atoms in total. The molecule has 0 atom stereocenters. The van der Waals surface area contributed by atoms with Crippen molar-refractivity contribution in [3.05, 3.63) is 41.5 Å². The Bertz CT molecular complexity index is 618. The third kappa shape index (κ3) is 2.36.